The van der Waals surface area contributed by atoms with Gasteiger partial charge in [-0.05, 0) is 58.8 Å². The van der Waals surface area contributed by atoms with Crippen LogP contribution in [-0.2, 0) is 6.18 Å². The largest absolute Gasteiger partial charge is 0.416 e. The molecule has 154 valence electrons. The third-order valence-corrected chi connectivity index (χ3v) is 5.25. The van der Waals surface area contributed by atoms with E-state index in [4.69, 9.17) is 0 Å². The van der Waals surface area contributed by atoms with Gasteiger partial charge in [0, 0.05) is 25.3 Å². The highest BCUT2D eigenvalue weighted by Gasteiger charge is 2.30. The summed E-state index contributed by atoms with van der Waals surface area (Å²) in [4.78, 5) is 2.21. The second-order valence-corrected chi connectivity index (χ2v) is 7.36. The van der Waals surface area contributed by atoms with E-state index in [9.17, 15) is 13.2 Å². The summed E-state index contributed by atoms with van der Waals surface area (Å²) < 4.78 is 38.4. The van der Waals surface area contributed by atoms with Crippen LogP contribution in [0.3, 0.4) is 0 Å². The maximum absolute atomic E-state index is 12.8. The van der Waals surface area contributed by atoms with Crippen molar-refractivity contribution < 1.29 is 13.2 Å². The fraction of sp³-hybridized carbons (Fsp3) is 0.200. The zero-order valence-electron chi connectivity index (χ0n) is 16.5. The van der Waals surface area contributed by atoms with Crippen molar-refractivity contribution in [2.24, 2.45) is 0 Å². The van der Waals surface area contributed by atoms with Crippen LogP contribution in [0.2, 0.25) is 0 Å². The fourth-order valence-corrected chi connectivity index (χ4v) is 3.69. The summed E-state index contributed by atoms with van der Waals surface area (Å²) in [5, 5.41) is 5.56. The summed E-state index contributed by atoms with van der Waals surface area (Å²) >= 11 is 0. The maximum atomic E-state index is 12.8. The number of halogens is 3. The predicted octanol–water partition coefficient (Wildman–Crippen LogP) is 6.57. The highest BCUT2D eigenvalue weighted by molar-refractivity contribution is 5.96. The van der Waals surface area contributed by atoms with E-state index in [1.54, 1.807) is 6.07 Å². The molecule has 0 aliphatic carbocycles. The van der Waals surface area contributed by atoms with Crippen LogP contribution in [0.15, 0.2) is 85.1 Å². The van der Waals surface area contributed by atoms with Gasteiger partial charge in [-0.25, -0.2) is 0 Å². The minimum Gasteiger partial charge on any atom is -0.385 e. The molecule has 0 radical (unpaired) electrons. The van der Waals surface area contributed by atoms with Gasteiger partial charge in [-0.1, -0.05) is 54.6 Å². The normalized spacial score (nSPS) is 14.1. The van der Waals surface area contributed by atoms with Crippen LogP contribution in [0.5, 0.6) is 0 Å². The third kappa shape index (κ3) is 4.67. The van der Waals surface area contributed by atoms with Gasteiger partial charge in [0.15, 0.2) is 0 Å². The second kappa shape index (κ2) is 8.66. The molecule has 0 atom stereocenters. The summed E-state index contributed by atoms with van der Waals surface area (Å²) in [6.07, 6.45) is 2.97. The Bertz CT molecular complexity index is 1080. The average molecular weight is 408 g/mol. The standard InChI is InChI=1S/C25H23F3N2/c26-25(27,28)21-8-4-9-22(18-21)29-14-5-15-30-16-12-20(13-17-30)24-11-3-7-19-6-1-2-10-23(19)24/h1-4,6-13,16,18,29H,5,14-15,17H2. The Morgan fingerprint density at radius 3 is 2.53 bits per heavy atom. The van der Waals surface area contributed by atoms with Gasteiger partial charge in [0.2, 0.25) is 0 Å². The first-order chi connectivity index (χ1) is 14.5. The Hall–Kier alpha value is -3.21. The van der Waals surface area contributed by atoms with E-state index in [0.29, 0.717) is 12.2 Å². The van der Waals surface area contributed by atoms with Crippen LogP contribution < -0.4 is 5.32 Å². The lowest BCUT2D eigenvalue weighted by molar-refractivity contribution is -0.137. The molecule has 2 nitrogen and oxygen atoms in total. The average Bonchev–Trinajstić information content (AvgIpc) is 2.76. The van der Waals surface area contributed by atoms with Crippen LogP contribution in [0, 0.1) is 0 Å². The first-order valence-corrected chi connectivity index (χ1v) is 10.0. The number of nitrogens with one attached hydrogen (secondary N) is 1. The van der Waals surface area contributed by atoms with Gasteiger partial charge < -0.3 is 10.2 Å². The lowest BCUT2D eigenvalue weighted by atomic mass is 9.97. The minimum absolute atomic E-state index is 0.497. The van der Waals surface area contributed by atoms with E-state index < -0.39 is 11.7 Å². The number of alkyl halides is 3. The minimum atomic E-state index is -4.32. The number of nitrogens with zero attached hydrogens (tertiary/aromatic N) is 1. The van der Waals surface area contributed by atoms with E-state index in [2.05, 4.69) is 65.0 Å². The van der Waals surface area contributed by atoms with Gasteiger partial charge in [0.05, 0.1) is 5.56 Å². The lowest BCUT2D eigenvalue weighted by Gasteiger charge is -2.23. The molecule has 0 saturated carbocycles. The summed E-state index contributed by atoms with van der Waals surface area (Å²) in [5.74, 6) is 0. The van der Waals surface area contributed by atoms with Gasteiger partial charge in [-0.3, -0.25) is 0 Å². The van der Waals surface area contributed by atoms with Crippen molar-refractivity contribution in [3.63, 3.8) is 0 Å². The molecule has 1 aliphatic heterocycles. The monoisotopic (exact) mass is 408 g/mol. The van der Waals surface area contributed by atoms with Gasteiger partial charge in [0.1, 0.15) is 0 Å². The molecule has 3 aromatic carbocycles. The summed E-state index contributed by atoms with van der Waals surface area (Å²) in [7, 11) is 0. The van der Waals surface area contributed by atoms with Crippen LogP contribution >= 0.6 is 0 Å². The molecule has 0 amide bonds. The molecule has 3 aromatic rings. The molecule has 0 bridgehead atoms. The molecule has 5 heteroatoms. The van der Waals surface area contributed by atoms with Crippen LogP contribution in [-0.4, -0.2) is 24.5 Å². The molecule has 1 N–H and O–H groups in total. The number of fused-ring (bicyclic) bond motifs is 1. The zero-order valence-corrected chi connectivity index (χ0v) is 16.5. The number of benzene rings is 3. The van der Waals surface area contributed by atoms with Crippen molar-refractivity contribution in [2.75, 3.05) is 25.0 Å². The first-order valence-electron chi connectivity index (χ1n) is 10.0. The van der Waals surface area contributed by atoms with Crippen molar-refractivity contribution in [1.29, 1.82) is 0 Å². The van der Waals surface area contributed by atoms with Crippen molar-refractivity contribution in [3.8, 4) is 0 Å². The Labute approximate surface area is 174 Å². The summed E-state index contributed by atoms with van der Waals surface area (Å²) in [6.45, 7) is 2.27. The first kappa shape index (κ1) is 20.1. The Morgan fingerprint density at radius 2 is 1.73 bits per heavy atom. The van der Waals surface area contributed by atoms with E-state index in [1.807, 2.05) is 6.07 Å². The smallest absolute Gasteiger partial charge is 0.385 e. The molecule has 0 saturated heterocycles. The van der Waals surface area contributed by atoms with Gasteiger partial charge in [-0.2, -0.15) is 13.2 Å². The molecule has 1 aliphatic rings. The van der Waals surface area contributed by atoms with Gasteiger partial charge in [-0.15, -0.1) is 0 Å². The molecule has 0 unspecified atom stereocenters. The van der Waals surface area contributed by atoms with Gasteiger partial charge >= 0.3 is 6.18 Å². The molecule has 1 heterocycles. The highest BCUT2D eigenvalue weighted by Crippen LogP contribution is 2.31. The molecule has 0 spiro atoms. The van der Waals surface area contributed by atoms with Gasteiger partial charge in [0.25, 0.3) is 0 Å². The third-order valence-electron chi connectivity index (χ3n) is 5.25. The number of allylic oxidation sites excluding steroid dienone is 2. The number of rotatable bonds is 6. The van der Waals surface area contributed by atoms with Crippen molar-refractivity contribution >= 4 is 22.0 Å². The molecule has 4 rings (SSSR count). The highest BCUT2D eigenvalue weighted by atomic mass is 19.4. The lowest BCUT2D eigenvalue weighted by Crippen LogP contribution is -2.22. The zero-order chi connectivity index (χ0) is 21.0. The molecular weight excluding hydrogens is 385 g/mol. The van der Waals surface area contributed by atoms with E-state index in [-0.39, 0.29) is 0 Å². The van der Waals surface area contributed by atoms with Crippen LogP contribution in [0.4, 0.5) is 18.9 Å². The molecular formula is C25H23F3N2. The second-order valence-electron chi connectivity index (χ2n) is 7.36. The Morgan fingerprint density at radius 1 is 0.933 bits per heavy atom. The molecule has 30 heavy (non-hydrogen) atoms. The topological polar surface area (TPSA) is 15.3 Å². The van der Waals surface area contributed by atoms with Crippen LogP contribution in [0.25, 0.3) is 16.3 Å². The van der Waals surface area contributed by atoms with Crippen molar-refractivity contribution in [3.05, 3.63) is 96.2 Å². The van der Waals surface area contributed by atoms with Crippen molar-refractivity contribution in [1.82, 2.24) is 4.90 Å². The Balaban J connectivity index is 1.29. The van der Waals surface area contributed by atoms with Crippen LogP contribution in [0.1, 0.15) is 17.5 Å². The number of hydrogen-bond donors (Lipinski definition) is 1. The number of anilines is 1. The quantitative estimate of drug-likeness (QED) is 0.464. The van der Waals surface area contributed by atoms with Crippen molar-refractivity contribution in [2.45, 2.75) is 12.6 Å². The number of hydrogen-bond acceptors (Lipinski definition) is 2. The molecule has 0 aromatic heterocycles. The van der Waals surface area contributed by atoms with E-state index in [0.717, 1.165) is 31.6 Å². The Kier molecular flexibility index (Phi) is 5.79. The van der Waals surface area contributed by atoms with E-state index >= 15 is 0 Å². The van der Waals surface area contributed by atoms with E-state index in [1.165, 1.54) is 28.0 Å². The SMILES string of the molecule is FC(F)(F)c1cccc(NCCCN2C=CC(c3cccc4ccccc34)=CC2)c1. The fourth-order valence-electron chi connectivity index (χ4n) is 3.69. The summed E-state index contributed by atoms with van der Waals surface area (Å²) in [6, 6.07) is 20.0. The summed E-state index contributed by atoms with van der Waals surface area (Å²) in [5.41, 5.74) is 2.31. The predicted molar refractivity (Wildman–Crippen MR) is 117 cm³/mol. The maximum Gasteiger partial charge on any atom is 0.416 e. The molecule has 0 fully saturated rings.